The van der Waals surface area contributed by atoms with E-state index < -0.39 is 17.5 Å². The maximum atomic E-state index is 16.7. The van der Waals surface area contributed by atoms with E-state index in [0.29, 0.717) is 61.2 Å². The Morgan fingerprint density at radius 2 is 2.07 bits per heavy atom. The van der Waals surface area contributed by atoms with Crippen LogP contribution in [0.1, 0.15) is 49.1 Å². The van der Waals surface area contributed by atoms with Crippen molar-refractivity contribution in [1.29, 1.82) is 5.26 Å². The summed E-state index contributed by atoms with van der Waals surface area (Å²) in [5, 5.41) is 10.1. The number of alkyl halides is 1. The summed E-state index contributed by atoms with van der Waals surface area (Å²) in [7, 11) is 0. The van der Waals surface area contributed by atoms with Crippen LogP contribution in [0.3, 0.4) is 0 Å². The Morgan fingerprint density at radius 1 is 1.18 bits per heavy atom. The van der Waals surface area contributed by atoms with Gasteiger partial charge in [-0.3, -0.25) is 9.69 Å². The van der Waals surface area contributed by atoms with Crippen molar-refractivity contribution in [2.45, 2.75) is 62.2 Å². The molecular formula is C35H36F2N6O2. The average molecular weight is 611 g/mol. The number of rotatable bonds is 7. The highest BCUT2D eigenvalue weighted by atomic mass is 19.1. The van der Waals surface area contributed by atoms with Crippen molar-refractivity contribution in [3.05, 3.63) is 59.9 Å². The highest BCUT2D eigenvalue weighted by molar-refractivity contribution is 5.94. The molecule has 10 heteroatoms. The lowest BCUT2D eigenvalue weighted by Gasteiger charge is -2.41. The van der Waals surface area contributed by atoms with Crippen molar-refractivity contribution in [1.82, 2.24) is 19.8 Å². The number of hydrogen-bond acceptors (Lipinski definition) is 7. The molecule has 8 rings (SSSR count). The first kappa shape index (κ1) is 28.4. The van der Waals surface area contributed by atoms with Crippen LogP contribution in [0.15, 0.2) is 43.0 Å². The van der Waals surface area contributed by atoms with Crippen molar-refractivity contribution < 1.29 is 18.3 Å². The summed E-state index contributed by atoms with van der Waals surface area (Å²) in [6, 6.07) is 11.8. The summed E-state index contributed by atoms with van der Waals surface area (Å²) in [5.74, 6) is 1.12. The molecule has 1 aromatic heterocycles. The van der Waals surface area contributed by atoms with Crippen LogP contribution in [0.5, 0.6) is 6.01 Å². The maximum absolute atomic E-state index is 16.7. The molecule has 0 radical (unpaired) electrons. The third-order valence-electron chi connectivity index (χ3n) is 10.9. The number of halogens is 2. The van der Waals surface area contributed by atoms with Crippen molar-refractivity contribution in [3.8, 4) is 23.2 Å². The minimum absolute atomic E-state index is 0.0537. The summed E-state index contributed by atoms with van der Waals surface area (Å²) in [6.07, 6.45) is 4.93. The van der Waals surface area contributed by atoms with Gasteiger partial charge in [0, 0.05) is 43.5 Å². The zero-order valence-electron chi connectivity index (χ0n) is 25.2. The Hall–Kier alpha value is -4.10. The molecule has 232 valence electrons. The summed E-state index contributed by atoms with van der Waals surface area (Å²) in [5.41, 5.74) is 3.75. The normalized spacial score (nSPS) is 28.5. The van der Waals surface area contributed by atoms with Crippen molar-refractivity contribution in [2.75, 3.05) is 44.2 Å². The van der Waals surface area contributed by atoms with E-state index in [2.05, 4.69) is 28.6 Å². The van der Waals surface area contributed by atoms with Gasteiger partial charge in [-0.25, -0.2) is 8.78 Å². The van der Waals surface area contributed by atoms with E-state index in [1.807, 2.05) is 29.2 Å². The fourth-order valence-corrected chi connectivity index (χ4v) is 8.57. The summed E-state index contributed by atoms with van der Waals surface area (Å²) >= 11 is 0. The highest BCUT2D eigenvalue weighted by Crippen LogP contribution is 2.58. The topological polar surface area (TPSA) is 85.6 Å². The molecule has 8 nitrogen and oxygen atoms in total. The third-order valence-corrected chi connectivity index (χ3v) is 10.9. The number of nitriles is 1. The molecule has 0 bridgehead atoms. The molecule has 0 N–H and O–H groups in total. The van der Waals surface area contributed by atoms with E-state index >= 15 is 4.39 Å². The molecule has 45 heavy (non-hydrogen) atoms. The van der Waals surface area contributed by atoms with Gasteiger partial charge >= 0.3 is 6.01 Å². The summed E-state index contributed by atoms with van der Waals surface area (Å²) in [6.45, 7) is 6.24. The smallest absolute Gasteiger partial charge is 0.319 e. The number of amides is 1. The number of carbonyl (C=O) groups is 1. The van der Waals surface area contributed by atoms with E-state index in [1.54, 1.807) is 4.90 Å². The largest absolute Gasteiger partial charge is 0.461 e. The molecule has 1 amide bonds. The highest BCUT2D eigenvalue weighted by Gasteiger charge is 2.49. The fraction of sp³-hybridized carbons (Fsp3) is 0.486. The monoisotopic (exact) mass is 610 g/mol. The number of nitrogens with zero attached hydrogens (tertiary/aromatic N) is 6. The third kappa shape index (κ3) is 4.66. The number of ether oxygens (including phenoxy) is 1. The van der Waals surface area contributed by atoms with Crippen molar-refractivity contribution in [2.24, 2.45) is 5.92 Å². The average Bonchev–Trinajstić information content (AvgIpc) is 3.39. The fourth-order valence-electron chi connectivity index (χ4n) is 8.57. The van der Waals surface area contributed by atoms with Gasteiger partial charge in [-0.1, -0.05) is 30.8 Å². The molecule has 2 aliphatic carbocycles. The SMILES string of the molecule is C=CC(=O)N1CCN(c2nc(OC[C@@]34CCCN3C[C@H](F)C4)nc3c(F)c(-c4cccc5c4CC4CC54)ccc23)C[C@@H]1CC#N. The van der Waals surface area contributed by atoms with Gasteiger partial charge in [0.25, 0.3) is 0 Å². The first-order chi connectivity index (χ1) is 21.9. The quantitative estimate of drug-likeness (QED) is 0.342. The first-order valence-corrected chi connectivity index (χ1v) is 16.1. The lowest BCUT2D eigenvalue weighted by atomic mass is 9.93. The van der Waals surface area contributed by atoms with Gasteiger partial charge in [0.05, 0.1) is 24.1 Å². The zero-order valence-corrected chi connectivity index (χ0v) is 25.2. The molecule has 5 aliphatic rings. The second-order valence-corrected chi connectivity index (χ2v) is 13.4. The number of carbonyl (C=O) groups excluding carboxylic acids is 1. The number of fused-ring (bicyclic) bond motifs is 5. The van der Waals surface area contributed by atoms with Crippen LogP contribution in [-0.2, 0) is 11.2 Å². The standard InChI is InChI=1S/C35H36F2N6O2/c1-2-30(44)43-14-13-41(19-23(43)9-11-38)33-27-8-7-26(24-5-3-6-25-28-15-21(28)16-29(24)25)31(37)32(27)39-34(40-33)45-20-35-10-4-12-42(35)18-22(36)17-35/h2-3,5-8,21-23,28H,1,4,9-10,12-20H2/t21?,22-,23+,28?,35+/m1/s1. The predicted molar refractivity (Wildman–Crippen MR) is 166 cm³/mol. The number of hydrogen-bond donors (Lipinski definition) is 0. The van der Waals surface area contributed by atoms with Crippen LogP contribution in [0.25, 0.3) is 22.0 Å². The van der Waals surface area contributed by atoms with Gasteiger partial charge in [0.1, 0.15) is 24.1 Å². The molecular weight excluding hydrogens is 574 g/mol. The second-order valence-electron chi connectivity index (χ2n) is 13.4. The lowest BCUT2D eigenvalue weighted by molar-refractivity contribution is -0.128. The van der Waals surface area contributed by atoms with E-state index in [1.165, 1.54) is 23.6 Å². The second kappa shape index (κ2) is 10.8. The number of aromatic nitrogens is 2. The van der Waals surface area contributed by atoms with Crippen LogP contribution in [0.2, 0.25) is 0 Å². The lowest BCUT2D eigenvalue weighted by Crippen LogP contribution is -2.55. The van der Waals surface area contributed by atoms with Gasteiger partial charge in [0.15, 0.2) is 5.82 Å². The van der Waals surface area contributed by atoms with E-state index in [0.717, 1.165) is 31.4 Å². The Morgan fingerprint density at radius 3 is 2.91 bits per heavy atom. The molecule has 1 saturated carbocycles. The van der Waals surface area contributed by atoms with Crippen LogP contribution in [0, 0.1) is 23.1 Å². The molecule has 0 spiro atoms. The van der Waals surface area contributed by atoms with Crippen LogP contribution < -0.4 is 9.64 Å². The Bertz CT molecular complexity index is 1760. The van der Waals surface area contributed by atoms with Gasteiger partial charge in [-0.2, -0.15) is 15.2 Å². The van der Waals surface area contributed by atoms with Crippen LogP contribution in [0.4, 0.5) is 14.6 Å². The molecule has 3 saturated heterocycles. The maximum Gasteiger partial charge on any atom is 0.319 e. The minimum Gasteiger partial charge on any atom is -0.461 e. The zero-order chi connectivity index (χ0) is 30.9. The number of benzene rings is 2. The van der Waals surface area contributed by atoms with Gasteiger partial charge in [-0.05, 0) is 72.9 Å². The van der Waals surface area contributed by atoms with E-state index in [9.17, 15) is 14.4 Å². The summed E-state index contributed by atoms with van der Waals surface area (Å²) < 4.78 is 37.5. The molecule has 4 heterocycles. The van der Waals surface area contributed by atoms with Crippen molar-refractivity contribution >= 4 is 22.6 Å². The Kier molecular flexibility index (Phi) is 6.79. The van der Waals surface area contributed by atoms with E-state index in [4.69, 9.17) is 9.72 Å². The van der Waals surface area contributed by atoms with Crippen LogP contribution >= 0.6 is 0 Å². The van der Waals surface area contributed by atoms with Gasteiger partial charge < -0.3 is 14.5 Å². The minimum atomic E-state index is -0.896. The first-order valence-electron chi connectivity index (χ1n) is 16.1. The Labute approximate surface area is 261 Å². The molecule has 4 fully saturated rings. The number of piperazine rings is 1. The Balaban J connectivity index is 1.20. The molecule has 2 aromatic carbocycles. The molecule has 5 atom stereocenters. The number of anilines is 1. The summed E-state index contributed by atoms with van der Waals surface area (Å²) in [4.78, 5) is 27.9. The molecule has 2 unspecified atom stereocenters. The van der Waals surface area contributed by atoms with Gasteiger partial charge in [-0.15, -0.1) is 0 Å². The molecule has 3 aromatic rings. The predicted octanol–water partition coefficient (Wildman–Crippen LogP) is 5.17. The van der Waals surface area contributed by atoms with E-state index in [-0.39, 0.29) is 36.5 Å². The van der Waals surface area contributed by atoms with Crippen molar-refractivity contribution in [3.63, 3.8) is 0 Å². The molecule has 3 aliphatic heterocycles. The van der Waals surface area contributed by atoms with Crippen LogP contribution in [-0.4, -0.2) is 82.8 Å². The van der Waals surface area contributed by atoms with Gasteiger partial charge in [0.2, 0.25) is 5.91 Å².